The van der Waals surface area contributed by atoms with Crippen molar-refractivity contribution in [2.24, 2.45) is 0 Å². The largest absolute Gasteiger partial charge is 0.464 e. The summed E-state index contributed by atoms with van der Waals surface area (Å²) in [7, 11) is -3.23. The summed E-state index contributed by atoms with van der Waals surface area (Å²) >= 11 is 0. The van der Waals surface area contributed by atoms with Crippen LogP contribution in [0.1, 0.15) is 23.1 Å². The third-order valence-electron chi connectivity index (χ3n) is 5.05. The van der Waals surface area contributed by atoms with Crippen molar-refractivity contribution in [3.8, 4) is 0 Å². The molecule has 1 aliphatic rings. The lowest BCUT2D eigenvalue weighted by atomic mass is 10.0. The average molecular weight is 401 g/mol. The van der Waals surface area contributed by atoms with Crippen LogP contribution in [-0.4, -0.2) is 26.1 Å². The SMILES string of the molecule is Cc1coc2cc3oc(=O)c(CCC(=O)NC4C=CS(=O)(=O)C4)c(C)c3cc12. The topological polar surface area (TPSA) is 107 Å². The number of carbonyl (C=O) groups excluding carboxylic acids is 1. The Morgan fingerprint density at radius 3 is 2.71 bits per heavy atom. The second-order valence-corrected chi connectivity index (χ2v) is 9.02. The van der Waals surface area contributed by atoms with E-state index in [1.54, 1.807) is 12.3 Å². The number of hydrogen-bond donors (Lipinski definition) is 1. The number of hydrogen-bond acceptors (Lipinski definition) is 6. The molecule has 146 valence electrons. The lowest BCUT2D eigenvalue weighted by molar-refractivity contribution is -0.121. The number of sulfone groups is 1. The minimum absolute atomic E-state index is 0.0640. The molecule has 2 aromatic heterocycles. The van der Waals surface area contributed by atoms with E-state index in [1.807, 2.05) is 19.9 Å². The number of carbonyl (C=O) groups is 1. The summed E-state index contributed by atoms with van der Waals surface area (Å²) in [6, 6.07) is 3.11. The molecule has 28 heavy (non-hydrogen) atoms. The van der Waals surface area contributed by atoms with Crippen LogP contribution in [0.4, 0.5) is 0 Å². The molecule has 1 unspecified atom stereocenters. The summed E-state index contributed by atoms with van der Waals surface area (Å²) in [5.74, 6) is -0.442. The standard InChI is InChI=1S/C20H19NO6S/c1-11-9-26-17-8-18-16(7-15(11)17)12(2)14(20(23)27-18)3-4-19(22)21-13-5-6-28(24,25)10-13/h5-9,13H,3-4,10H2,1-2H3,(H,21,22). The molecule has 0 spiro atoms. The number of rotatable bonds is 4. The van der Waals surface area contributed by atoms with Gasteiger partial charge in [0.05, 0.1) is 18.1 Å². The van der Waals surface area contributed by atoms with Gasteiger partial charge in [0.15, 0.2) is 9.84 Å². The summed E-state index contributed by atoms with van der Waals surface area (Å²) in [5.41, 5.74) is 2.81. The highest BCUT2D eigenvalue weighted by Gasteiger charge is 2.23. The van der Waals surface area contributed by atoms with Gasteiger partial charge in [-0.15, -0.1) is 0 Å². The number of benzene rings is 1. The van der Waals surface area contributed by atoms with Crippen LogP contribution in [0.15, 0.2) is 43.5 Å². The zero-order valence-electron chi connectivity index (χ0n) is 15.4. The van der Waals surface area contributed by atoms with Gasteiger partial charge in [0.2, 0.25) is 5.91 Å². The average Bonchev–Trinajstić information content (AvgIpc) is 3.15. The fraction of sp³-hybridized carbons (Fsp3) is 0.300. The van der Waals surface area contributed by atoms with Crippen LogP contribution in [0, 0.1) is 13.8 Å². The second-order valence-electron chi connectivity index (χ2n) is 7.09. The van der Waals surface area contributed by atoms with Crippen molar-refractivity contribution in [1.82, 2.24) is 5.32 Å². The molecule has 7 nitrogen and oxygen atoms in total. The van der Waals surface area contributed by atoms with Crippen molar-refractivity contribution in [2.75, 3.05) is 5.75 Å². The van der Waals surface area contributed by atoms with Gasteiger partial charge in [-0.2, -0.15) is 0 Å². The number of nitrogens with one attached hydrogen (secondary N) is 1. The van der Waals surface area contributed by atoms with E-state index in [4.69, 9.17) is 8.83 Å². The molecule has 1 N–H and O–H groups in total. The smallest absolute Gasteiger partial charge is 0.339 e. The van der Waals surface area contributed by atoms with E-state index >= 15 is 0 Å². The van der Waals surface area contributed by atoms with Crippen molar-refractivity contribution >= 4 is 37.7 Å². The van der Waals surface area contributed by atoms with Gasteiger partial charge in [-0.1, -0.05) is 0 Å². The minimum atomic E-state index is -3.23. The Bertz CT molecular complexity index is 1300. The Morgan fingerprint density at radius 2 is 2.00 bits per heavy atom. The maximum absolute atomic E-state index is 12.4. The van der Waals surface area contributed by atoms with Gasteiger partial charge in [0.25, 0.3) is 0 Å². The van der Waals surface area contributed by atoms with Crippen LogP contribution in [0.25, 0.3) is 21.9 Å². The molecule has 1 aliphatic heterocycles. The van der Waals surface area contributed by atoms with Gasteiger partial charge < -0.3 is 14.2 Å². The Hall–Kier alpha value is -2.87. The molecule has 0 aliphatic carbocycles. The van der Waals surface area contributed by atoms with E-state index in [0.29, 0.717) is 16.7 Å². The molecule has 3 heterocycles. The summed E-state index contributed by atoms with van der Waals surface area (Å²) in [5, 5.41) is 5.52. The fourth-order valence-corrected chi connectivity index (χ4v) is 4.74. The van der Waals surface area contributed by atoms with Crippen molar-refractivity contribution in [2.45, 2.75) is 32.7 Å². The van der Waals surface area contributed by atoms with Gasteiger partial charge in [0, 0.05) is 34.2 Å². The molecule has 0 saturated heterocycles. The zero-order valence-corrected chi connectivity index (χ0v) is 16.3. The number of fused-ring (bicyclic) bond motifs is 2. The first kappa shape index (κ1) is 18.5. The molecule has 1 atom stereocenters. The lowest BCUT2D eigenvalue weighted by Crippen LogP contribution is -2.35. The van der Waals surface area contributed by atoms with Gasteiger partial charge in [-0.25, -0.2) is 13.2 Å². The Labute approximate surface area is 160 Å². The molecule has 0 saturated carbocycles. The van der Waals surface area contributed by atoms with Crippen LogP contribution in [-0.2, 0) is 21.1 Å². The molecule has 8 heteroatoms. The van der Waals surface area contributed by atoms with Crippen LogP contribution in [0.5, 0.6) is 0 Å². The number of aryl methyl sites for hydroxylation is 2. The van der Waals surface area contributed by atoms with E-state index in [-0.39, 0.29) is 24.5 Å². The highest BCUT2D eigenvalue weighted by atomic mass is 32.2. The van der Waals surface area contributed by atoms with Crippen molar-refractivity contribution < 1.29 is 22.0 Å². The minimum Gasteiger partial charge on any atom is -0.464 e. The van der Waals surface area contributed by atoms with Crippen molar-refractivity contribution in [3.63, 3.8) is 0 Å². The highest BCUT2D eigenvalue weighted by molar-refractivity contribution is 7.94. The van der Waals surface area contributed by atoms with E-state index in [1.165, 1.54) is 6.08 Å². The molecular weight excluding hydrogens is 382 g/mol. The summed E-state index contributed by atoms with van der Waals surface area (Å²) < 4.78 is 33.7. The first-order chi connectivity index (χ1) is 13.2. The molecule has 1 aromatic carbocycles. The van der Waals surface area contributed by atoms with Gasteiger partial charge in [-0.05, 0) is 43.5 Å². The number of furan rings is 1. The molecular formula is C20H19NO6S. The van der Waals surface area contributed by atoms with Crippen LogP contribution in [0.3, 0.4) is 0 Å². The lowest BCUT2D eigenvalue weighted by Gasteiger charge is -2.11. The van der Waals surface area contributed by atoms with Crippen molar-refractivity contribution in [1.29, 1.82) is 0 Å². The van der Waals surface area contributed by atoms with E-state index in [9.17, 15) is 18.0 Å². The van der Waals surface area contributed by atoms with Gasteiger partial charge >= 0.3 is 5.63 Å². The van der Waals surface area contributed by atoms with Crippen molar-refractivity contribution in [3.05, 3.63) is 57.0 Å². The van der Waals surface area contributed by atoms with E-state index < -0.39 is 21.5 Å². The maximum Gasteiger partial charge on any atom is 0.339 e. The molecule has 1 amide bonds. The number of amides is 1. The van der Waals surface area contributed by atoms with Crippen LogP contribution >= 0.6 is 0 Å². The highest BCUT2D eigenvalue weighted by Crippen LogP contribution is 2.29. The maximum atomic E-state index is 12.4. The quantitative estimate of drug-likeness (QED) is 0.673. The zero-order chi connectivity index (χ0) is 20.1. The third kappa shape index (κ3) is 3.35. The van der Waals surface area contributed by atoms with Crippen LogP contribution < -0.4 is 10.9 Å². The third-order valence-corrected chi connectivity index (χ3v) is 6.45. The second kappa shape index (κ2) is 6.63. The fourth-order valence-electron chi connectivity index (χ4n) is 3.51. The predicted octanol–water partition coefficient (Wildman–Crippen LogP) is 2.52. The predicted molar refractivity (Wildman–Crippen MR) is 105 cm³/mol. The molecule has 4 rings (SSSR count). The van der Waals surface area contributed by atoms with E-state index in [0.717, 1.165) is 27.3 Å². The Balaban J connectivity index is 1.57. The summed E-state index contributed by atoms with van der Waals surface area (Å²) in [6.07, 6.45) is 3.39. The van der Waals surface area contributed by atoms with Crippen LogP contribution in [0.2, 0.25) is 0 Å². The summed E-state index contributed by atoms with van der Waals surface area (Å²) in [4.78, 5) is 24.6. The molecule has 0 bridgehead atoms. The first-order valence-electron chi connectivity index (χ1n) is 8.88. The van der Waals surface area contributed by atoms with Gasteiger partial charge in [-0.3, -0.25) is 4.79 Å². The normalized spacial score (nSPS) is 18.1. The first-order valence-corrected chi connectivity index (χ1v) is 10.6. The molecule has 0 fully saturated rings. The van der Waals surface area contributed by atoms with E-state index in [2.05, 4.69) is 5.32 Å². The van der Waals surface area contributed by atoms with Gasteiger partial charge in [0.1, 0.15) is 11.2 Å². The molecule has 3 aromatic rings. The Morgan fingerprint density at radius 1 is 1.21 bits per heavy atom. The molecule has 0 radical (unpaired) electrons. The summed E-state index contributed by atoms with van der Waals surface area (Å²) in [6.45, 7) is 3.77. The monoisotopic (exact) mass is 401 g/mol. The Kier molecular flexibility index (Phi) is 4.38.